The molecule has 0 aliphatic carbocycles. The van der Waals surface area contributed by atoms with Crippen LogP contribution in [0.25, 0.3) is 16.9 Å². The van der Waals surface area contributed by atoms with E-state index < -0.39 is 11.6 Å². The lowest BCUT2D eigenvalue weighted by molar-refractivity contribution is 0.589. The largest absolute Gasteiger partial charge is 0.383 e. The third-order valence-corrected chi connectivity index (χ3v) is 3.97. The summed E-state index contributed by atoms with van der Waals surface area (Å²) in [5, 5.41) is 0. The number of fused-ring (bicyclic) bond motifs is 1. The molecule has 0 saturated heterocycles. The highest BCUT2D eigenvalue weighted by Gasteiger charge is 2.19. The average Bonchev–Trinajstić information content (AvgIpc) is 2.68. The molecule has 6 heteroatoms. The summed E-state index contributed by atoms with van der Waals surface area (Å²) in [6, 6.07) is 5.47. The molecule has 0 saturated carbocycles. The first-order chi connectivity index (χ1) is 9.49. The molecule has 2 heterocycles. The fourth-order valence-corrected chi connectivity index (χ4v) is 2.41. The van der Waals surface area contributed by atoms with Gasteiger partial charge in [-0.05, 0) is 46.6 Å². The fraction of sp³-hybridized carbons (Fsp3) is 0.0714. The minimum Gasteiger partial charge on any atom is -0.383 e. The minimum atomic E-state index is -0.684. The molecule has 3 rings (SSSR count). The van der Waals surface area contributed by atoms with E-state index in [0.717, 1.165) is 10.0 Å². The molecule has 0 atom stereocenters. The lowest BCUT2D eigenvalue weighted by Gasteiger charge is -2.03. The monoisotopic (exact) mass is 337 g/mol. The number of halogens is 3. The lowest BCUT2D eigenvalue weighted by Crippen LogP contribution is -1.97. The van der Waals surface area contributed by atoms with E-state index in [0.29, 0.717) is 5.65 Å². The van der Waals surface area contributed by atoms with Gasteiger partial charge in [0.2, 0.25) is 0 Å². The zero-order valence-electron chi connectivity index (χ0n) is 10.5. The molecule has 1 aromatic carbocycles. The van der Waals surface area contributed by atoms with Crippen molar-refractivity contribution in [3.8, 4) is 11.3 Å². The van der Waals surface area contributed by atoms with Crippen LogP contribution >= 0.6 is 15.9 Å². The quantitative estimate of drug-likeness (QED) is 0.731. The topological polar surface area (TPSA) is 43.3 Å². The van der Waals surface area contributed by atoms with Crippen LogP contribution < -0.4 is 5.73 Å². The molecule has 0 aliphatic heterocycles. The number of hydrogen-bond acceptors (Lipinski definition) is 2. The van der Waals surface area contributed by atoms with Crippen molar-refractivity contribution in [2.24, 2.45) is 0 Å². The second-order valence-corrected chi connectivity index (χ2v) is 5.33. The first-order valence-electron chi connectivity index (χ1n) is 5.87. The number of hydrogen-bond donors (Lipinski definition) is 1. The molecule has 3 aromatic rings. The molecule has 2 aromatic heterocycles. The smallest absolute Gasteiger partial charge is 0.139 e. The number of imidazole rings is 1. The van der Waals surface area contributed by atoms with Crippen LogP contribution in [0.4, 0.5) is 14.6 Å². The van der Waals surface area contributed by atoms with Gasteiger partial charge >= 0.3 is 0 Å². The Hall–Kier alpha value is -1.95. The Balaban J connectivity index is 2.35. The molecule has 0 amide bonds. The van der Waals surface area contributed by atoms with Gasteiger partial charge in [-0.25, -0.2) is 13.8 Å². The summed E-state index contributed by atoms with van der Waals surface area (Å²) in [6.07, 6.45) is 1.73. The Morgan fingerprint density at radius 3 is 2.55 bits per heavy atom. The minimum absolute atomic E-state index is 0.109. The van der Waals surface area contributed by atoms with Crippen LogP contribution in [0, 0.1) is 18.6 Å². The standard InChI is InChI=1S/C14H10BrF2N3/c1-7-5-11-19-13(14(18)20(11)6-8(7)15)12-9(16)3-2-4-10(12)17/h2-6H,18H2,1H3. The third kappa shape index (κ3) is 1.87. The number of aromatic nitrogens is 2. The van der Waals surface area contributed by atoms with E-state index in [1.54, 1.807) is 16.7 Å². The summed E-state index contributed by atoms with van der Waals surface area (Å²) in [4.78, 5) is 4.24. The van der Waals surface area contributed by atoms with E-state index in [1.165, 1.54) is 18.2 Å². The second-order valence-electron chi connectivity index (χ2n) is 4.47. The second kappa shape index (κ2) is 4.56. The number of benzene rings is 1. The first kappa shape index (κ1) is 13.1. The Bertz CT molecular complexity index is 807. The van der Waals surface area contributed by atoms with Crippen molar-refractivity contribution in [1.82, 2.24) is 9.38 Å². The number of aryl methyl sites for hydroxylation is 1. The van der Waals surface area contributed by atoms with Crippen LogP contribution in [-0.4, -0.2) is 9.38 Å². The van der Waals surface area contributed by atoms with Gasteiger partial charge in [0, 0.05) is 10.7 Å². The van der Waals surface area contributed by atoms with Gasteiger partial charge in [0.15, 0.2) is 0 Å². The van der Waals surface area contributed by atoms with E-state index in [4.69, 9.17) is 5.73 Å². The number of nitrogens with two attached hydrogens (primary N) is 1. The predicted octanol–water partition coefficient (Wildman–Crippen LogP) is 3.93. The van der Waals surface area contributed by atoms with Crippen molar-refractivity contribution in [1.29, 1.82) is 0 Å². The fourth-order valence-electron chi connectivity index (χ4n) is 2.09. The van der Waals surface area contributed by atoms with Gasteiger partial charge in [-0.15, -0.1) is 0 Å². The summed E-state index contributed by atoms with van der Waals surface area (Å²) in [7, 11) is 0. The van der Waals surface area contributed by atoms with Gasteiger partial charge in [-0.3, -0.25) is 4.40 Å². The van der Waals surface area contributed by atoms with Crippen molar-refractivity contribution in [3.05, 3.63) is 52.1 Å². The van der Waals surface area contributed by atoms with Gasteiger partial charge in [0.05, 0.1) is 5.56 Å². The summed E-state index contributed by atoms with van der Waals surface area (Å²) < 4.78 is 30.1. The van der Waals surface area contributed by atoms with Crippen LogP contribution in [0.2, 0.25) is 0 Å². The Labute approximate surface area is 122 Å². The molecule has 0 fully saturated rings. The molecule has 0 bridgehead atoms. The highest BCUT2D eigenvalue weighted by molar-refractivity contribution is 9.10. The van der Waals surface area contributed by atoms with E-state index in [1.807, 2.05) is 6.92 Å². The molecule has 0 radical (unpaired) electrons. The Morgan fingerprint density at radius 2 is 1.90 bits per heavy atom. The predicted molar refractivity (Wildman–Crippen MR) is 77.4 cm³/mol. The van der Waals surface area contributed by atoms with E-state index >= 15 is 0 Å². The Kier molecular flexibility index (Phi) is 2.97. The number of rotatable bonds is 1. The van der Waals surface area contributed by atoms with Gasteiger partial charge < -0.3 is 5.73 Å². The van der Waals surface area contributed by atoms with E-state index in [9.17, 15) is 8.78 Å². The van der Waals surface area contributed by atoms with Gasteiger partial charge in [-0.2, -0.15) is 0 Å². The van der Waals surface area contributed by atoms with Crippen molar-refractivity contribution < 1.29 is 8.78 Å². The Morgan fingerprint density at radius 1 is 1.25 bits per heavy atom. The van der Waals surface area contributed by atoms with Gasteiger partial charge in [0.1, 0.15) is 28.8 Å². The summed E-state index contributed by atoms with van der Waals surface area (Å²) in [5.74, 6) is -1.17. The molecular weight excluding hydrogens is 328 g/mol. The zero-order chi connectivity index (χ0) is 14.4. The normalized spacial score (nSPS) is 11.2. The highest BCUT2D eigenvalue weighted by atomic mass is 79.9. The molecule has 20 heavy (non-hydrogen) atoms. The third-order valence-electron chi connectivity index (χ3n) is 3.14. The summed E-state index contributed by atoms with van der Waals surface area (Å²) in [6.45, 7) is 1.90. The molecule has 0 unspecified atom stereocenters. The SMILES string of the molecule is Cc1cc2nc(-c3c(F)cccc3F)c(N)n2cc1Br. The number of nitrogen functional groups attached to an aromatic ring is 1. The van der Waals surface area contributed by atoms with Crippen LogP contribution in [-0.2, 0) is 0 Å². The van der Waals surface area contributed by atoms with Crippen molar-refractivity contribution in [2.45, 2.75) is 6.92 Å². The van der Waals surface area contributed by atoms with Crippen LogP contribution in [0.5, 0.6) is 0 Å². The molecule has 0 aliphatic rings. The number of nitrogens with zero attached hydrogens (tertiary/aromatic N) is 2. The average molecular weight is 338 g/mol. The number of pyridine rings is 1. The maximum Gasteiger partial charge on any atom is 0.139 e. The zero-order valence-corrected chi connectivity index (χ0v) is 12.1. The van der Waals surface area contributed by atoms with Crippen molar-refractivity contribution in [2.75, 3.05) is 5.73 Å². The first-order valence-corrected chi connectivity index (χ1v) is 6.66. The maximum absolute atomic E-state index is 13.8. The molecule has 0 spiro atoms. The summed E-state index contributed by atoms with van der Waals surface area (Å²) >= 11 is 3.39. The maximum atomic E-state index is 13.8. The lowest BCUT2D eigenvalue weighted by atomic mass is 10.1. The molecule has 102 valence electrons. The number of anilines is 1. The van der Waals surface area contributed by atoms with E-state index in [2.05, 4.69) is 20.9 Å². The van der Waals surface area contributed by atoms with Gasteiger partial charge in [0.25, 0.3) is 0 Å². The van der Waals surface area contributed by atoms with Crippen molar-refractivity contribution in [3.63, 3.8) is 0 Å². The molecule has 2 N–H and O–H groups in total. The molecule has 3 nitrogen and oxygen atoms in total. The van der Waals surface area contributed by atoms with Gasteiger partial charge in [-0.1, -0.05) is 6.07 Å². The molecular formula is C14H10BrF2N3. The van der Waals surface area contributed by atoms with Crippen LogP contribution in [0.15, 0.2) is 34.9 Å². The van der Waals surface area contributed by atoms with Crippen LogP contribution in [0.1, 0.15) is 5.56 Å². The highest BCUT2D eigenvalue weighted by Crippen LogP contribution is 2.32. The summed E-state index contributed by atoms with van der Waals surface area (Å²) in [5.41, 5.74) is 7.38. The van der Waals surface area contributed by atoms with Crippen molar-refractivity contribution >= 4 is 27.4 Å². The van der Waals surface area contributed by atoms with Crippen LogP contribution in [0.3, 0.4) is 0 Å². The van der Waals surface area contributed by atoms with E-state index in [-0.39, 0.29) is 17.1 Å².